The molecule has 6 heteroatoms. The number of halogens is 1. The van der Waals surface area contributed by atoms with Crippen molar-refractivity contribution < 1.29 is 13.9 Å². The van der Waals surface area contributed by atoms with Gasteiger partial charge in [-0.05, 0) is 25.1 Å². The molecule has 19 heavy (non-hydrogen) atoms. The van der Waals surface area contributed by atoms with Crippen LogP contribution in [-0.2, 0) is 4.74 Å². The summed E-state index contributed by atoms with van der Waals surface area (Å²) in [6.07, 6.45) is 0. The van der Waals surface area contributed by atoms with E-state index in [2.05, 4.69) is 4.98 Å². The largest absolute Gasteiger partial charge is 0.461 e. The first-order valence-corrected chi connectivity index (χ1v) is 6.36. The van der Waals surface area contributed by atoms with Gasteiger partial charge in [0, 0.05) is 10.9 Å². The van der Waals surface area contributed by atoms with Crippen LogP contribution in [0.5, 0.6) is 0 Å². The highest BCUT2D eigenvalue weighted by molar-refractivity contribution is 7.13. The van der Waals surface area contributed by atoms with Crippen molar-refractivity contribution in [3.8, 4) is 16.6 Å². The van der Waals surface area contributed by atoms with Crippen LogP contribution in [0.1, 0.15) is 23.0 Å². The zero-order chi connectivity index (χ0) is 13.8. The molecule has 96 valence electrons. The van der Waals surface area contributed by atoms with Gasteiger partial charge in [-0.2, -0.15) is 5.26 Å². The third kappa shape index (κ3) is 2.77. The average Bonchev–Trinajstić information content (AvgIpc) is 2.88. The number of aromatic nitrogens is 1. The first-order valence-electron chi connectivity index (χ1n) is 5.48. The van der Waals surface area contributed by atoms with Crippen LogP contribution in [0.2, 0.25) is 0 Å². The number of carbonyl (C=O) groups excluding carboxylic acids is 1. The molecular weight excluding hydrogens is 267 g/mol. The van der Waals surface area contributed by atoms with Crippen LogP contribution in [-0.4, -0.2) is 17.6 Å². The summed E-state index contributed by atoms with van der Waals surface area (Å²) < 4.78 is 18.6. The summed E-state index contributed by atoms with van der Waals surface area (Å²) in [4.78, 5) is 15.5. The van der Waals surface area contributed by atoms with E-state index < -0.39 is 11.8 Å². The van der Waals surface area contributed by atoms with E-state index in [-0.39, 0.29) is 23.4 Å². The Hall–Kier alpha value is -2.26. The molecule has 0 radical (unpaired) electrons. The van der Waals surface area contributed by atoms with Gasteiger partial charge in [0.2, 0.25) is 0 Å². The molecule has 1 aromatic carbocycles. The number of hydrogen-bond acceptors (Lipinski definition) is 5. The molecule has 1 heterocycles. The van der Waals surface area contributed by atoms with Gasteiger partial charge < -0.3 is 4.74 Å². The lowest BCUT2D eigenvalue weighted by atomic mass is 10.1. The fourth-order valence-corrected chi connectivity index (χ4v) is 2.27. The van der Waals surface area contributed by atoms with Crippen molar-refractivity contribution in [2.75, 3.05) is 6.61 Å². The number of nitrogens with zero attached hydrogens (tertiary/aromatic N) is 2. The van der Waals surface area contributed by atoms with Crippen molar-refractivity contribution in [2.24, 2.45) is 0 Å². The number of nitriles is 1. The summed E-state index contributed by atoms with van der Waals surface area (Å²) >= 11 is 1.15. The predicted molar refractivity (Wildman–Crippen MR) is 68.2 cm³/mol. The minimum Gasteiger partial charge on any atom is -0.461 e. The summed E-state index contributed by atoms with van der Waals surface area (Å²) in [6.45, 7) is 1.96. The van der Waals surface area contributed by atoms with E-state index in [1.165, 1.54) is 17.5 Å². The van der Waals surface area contributed by atoms with Crippen molar-refractivity contribution in [1.29, 1.82) is 5.26 Å². The predicted octanol–water partition coefficient (Wildman–Crippen LogP) is 3.00. The van der Waals surface area contributed by atoms with Gasteiger partial charge in [-0.25, -0.2) is 14.2 Å². The molecule has 0 aliphatic rings. The van der Waals surface area contributed by atoms with Crippen molar-refractivity contribution in [3.05, 3.63) is 40.7 Å². The highest BCUT2D eigenvalue weighted by Gasteiger charge is 2.15. The highest BCUT2D eigenvalue weighted by atomic mass is 32.1. The van der Waals surface area contributed by atoms with Gasteiger partial charge in [-0.3, -0.25) is 0 Å². The molecule has 0 spiro atoms. The lowest BCUT2D eigenvalue weighted by molar-refractivity contribution is 0.0520. The maximum Gasteiger partial charge on any atom is 0.357 e. The third-order valence-electron chi connectivity index (χ3n) is 2.32. The molecule has 0 amide bonds. The summed E-state index contributed by atoms with van der Waals surface area (Å²) in [5.74, 6) is -1.07. The molecule has 0 aliphatic carbocycles. The number of hydrogen-bond donors (Lipinski definition) is 0. The molecule has 0 bridgehead atoms. The molecule has 0 fully saturated rings. The number of esters is 1. The number of benzene rings is 1. The van der Waals surface area contributed by atoms with Gasteiger partial charge in [-0.15, -0.1) is 11.3 Å². The lowest BCUT2D eigenvalue weighted by Gasteiger charge is -1.99. The topological polar surface area (TPSA) is 63.0 Å². The van der Waals surface area contributed by atoms with E-state index >= 15 is 0 Å². The van der Waals surface area contributed by atoms with Crippen molar-refractivity contribution in [1.82, 2.24) is 4.98 Å². The standard InChI is InChI=1S/C13H9FN2O2S/c1-2-18-13(17)11-7-19-12(16-11)9-4-3-8(6-15)5-10(9)14/h3-5,7H,2H2,1H3. The van der Waals surface area contributed by atoms with Gasteiger partial charge in [0.15, 0.2) is 5.69 Å². The quantitative estimate of drug-likeness (QED) is 0.808. The molecule has 4 nitrogen and oxygen atoms in total. The zero-order valence-electron chi connectivity index (χ0n) is 10.0. The fraction of sp³-hybridized carbons (Fsp3) is 0.154. The Bertz CT molecular complexity index is 661. The van der Waals surface area contributed by atoms with E-state index in [0.717, 1.165) is 17.4 Å². The van der Waals surface area contributed by atoms with Gasteiger partial charge >= 0.3 is 5.97 Å². The molecule has 0 unspecified atom stereocenters. The van der Waals surface area contributed by atoms with Crippen molar-refractivity contribution in [2.45, 2.75) is 6.92 Å². The van der Waals surface area contributed by atoms with Crippen LogP contribution in [0, 0.1) is 17.1 Å². The molecule has 0 aliphatic heterocycles. The summed E-state index contributed by atoms with van der Waals surface area (Å²) in [6, 6.07) is 5.97. The normalized spacial score (nSPS) is 9.95. The number of ether oxygens (including phenoxy) is 1. The molecular formula is C13H9FN2O2S. The zero-order valence-corrected chi connectivity index (χ0v) is 10.8. The second-order valence-electron chi connectivity index (χ2n) is 3.56. The Kier molecular flexibility index (Phi) is 3.88. The van der Waals surface area contributed by atoms with E-state index in [1.54, 1.807) is 6.92 Å². The van der Waals surface area contributed by atoms with Crippen molar-refractivity contribution >= 4 is 17.3 Å². The van der Waals surface area contributed by atoms with Crippen LogP contribution in [0.3, 0.4) is 0 Å². The molecule has 0 saturated heterocycles. The number of rotatable bonds is 3. The minimum atomic E-state index is -0.538. The summed E-state index contributed by atoms with van der Waals surface area (Å²) in [5, 5.41) is 10.6. The third-order valence-corrected chi connectivity index (χ3v) is 3.19. The summed E-state index contributed by atoms with van der Waals surface area (Å²) in [7, 11) is 0. The van der Waals surface area contributed by atoms with E-state index in [1.807, 2.05) is 6.07 Å². The Morgan fingerprint density at radius 1 is 1.58 bits per heavy atom. The molecule has 2 aromatic rings. The van der Waals surface area contributed by atoms with Gasteiger partial charge in [0.25, 0.3) is 0 Å². The lowest BCUT2D eigenvalue weighted by Crippen LogP contribution is -2.04. The van der Waals surface area contributed by atoms with Crippen LogP contribution in [0.25, 0.3) is 10.6 Å². The van der Waals surface area contributed by atoms with Crippen LogP contribution >= 0.6 is 11.3 Å². The van der Waals surface area contributed by atoms with E-state index in [0.29, 0.717) is 5.01 Å². The Morgan fingerprint density at radius 3 is 3.00 bits per heavy atom. The maximum absolute atomic E-state index is 13.8. The molecule has 1 aromatic heterocycles. The second kappa shape index (κ2) is 5.59. The molecule has 0 saturated carbocycles. The van der Waals surface area contributed by atoms with Gasteiger partial charge in [-0.1, -0.05) is 0 Å². The van der Waals surface area contributed by atoms with Gasteiger partial charge in [0.1, 0.15) is 10.8 Å². The smallest absolute Gasteiger partial charge is 0.357 e. The highest BCUT2D eigenvalue weighted by Crippen LogP contribution is 2.27. The molecule has 0 N–H and O–H groups in total. The molecule has 0 atom stereocenters. The number of thiazole rings is 1. The van der Waals surface area contributed by atoms with Crippen LogP contribution < -0.4 is 0 Å². The van der Waals surface area contributed by atoms with Crippen LogP contribution in [0.15, 0.2) is 23.6 Å². The minimum absolute atomic E-state index is 0.158. The second-order valence-corrected chi connectivity index (χ2v) is 4.42. The fourth-order valence-electron chi connectivity index (χ4n) is 1.45. The van der Waals surface area contributed by atoms with Crippen LogP contribution in [0.4, 0.5) is 4.39 Å². The maximum atomic E-state index is 13.8. The Balaban J connectivity index is 2.33. The average molecular weight is 276 g/mol. The van der Waals surface area contributed by atoms with Crippen molar-refractivity contribution in [3.63, 3.8) is 0 Å². The van der Waals surface area contributed by atoms with E-state index in [9.17, 15) is 9.18 Å². The van der Waals surface area contributed by atoms with E-state index in [4.69, 9.17) is 10.00 Å². The first-order chi connectivity index (χ1) is 9.15. The first kappa shape index (κ1) is 13.2. The monoisotopic (exact) mass is 276 g/mol. The SMILES string of the molecule is CCOC(=O)c1csc(-c2ccc(C#N)cc2F)n1. The number of carbonyl (C=O) groups is 1. The molecule has 2 rings (SSSR count). The van der Waals surface area contributed by atoms with Gasteiger partial charge in [0.05, 0.1) is 18.2 Å². The summed E-state index contributed by atoms with van der Waals surface area (Å²) in [5.41, 5.74) is 0.661. The Morgan fingerprint density at radius 2 is 2.37 bits per heavy atom. The Labute approximate surface area is 113 Å².